The highest BCUT2D eigenvalue weighted by Crippen LogP contribution is 2.11. The zero-order chi connectivity index (χ0) is 7.44. The smallest absolute Gasteiger partial charge is 0.125 e. The van der Waals surface area contributed by atoms with Gasteiger partial charge in [0.15, 0.2) is 0 Å². The highest BCUT2D eigenvalue weighted by molar-refractivity contribution is 5.07. The molecule has 0 aromatic rings. The van der Waals surface area contributed by atoms with Crippen molar-refractivity contribution < 1.29 is 4.39 Å². The van der Waals surface area contributed by atoms with Crippen LogP contribution in [0.2, 0.25) is 0 Å². The topological polar surface area (TPSA) is 36.2 Å². The molecule has 0 saturated carbocycles. The van der Waals surface area contributed by atoms with Gasteiger partial charge in [-0.2, -0.15) is 5.11 Å². The van der Waals surface area contributed by atoms with Crippen LogP contribution in [0.25, 0.3) is 0 Å². The Balaban J connectivity index is 4.19. The molecule has 0 amide bonds. The van der Waals surface area contributed by atoms with Crippen molar-refractivity contribution in [3.05, 3.63) is 11.4 Å². The molecule has 3 heteroatoms. The summed E-state index contributed by atoms with van der Waals surface area (Å²) in [5.41, 5.74) is 7.08. The minimum Gasteiger partial charge on any atom is -0.209 e. The van der Waals surface area contributed by atoms with Crippen LogP contribution in [-0.2, 0) is 0 Å². The number of halogens is 1. The summed E-state index contributed by atoms with van der Waals surface area (Å²) >= 11 is 0. The van der Waals surface area contributed by atoms with Gasteiger partial charge in [-0.15, -0.1) is 0 Å². The van der Waals surface area contributed by atoms with E-state index in [2.05, 4.69) is 5.11 Å². The van der Waals surface area contributed by atoms with E-state index in [1.165, 1.54) is 0 Å². The Labute approximate surface area is 54.3 Å². The summed E-state index contributed by atoms with van der Waals surface area (Å²) in [7, 11) is 0. The SMILES string of the molecule is CC(C)=C(F)C(C)N=N. The van der Waals surface area contributed by atoms with Crippen molar-refractivity contribution in [2.75, 3.05) is 0 Å². The average molecular weight is 130 g/mol. The summed E-state index contributed by atoms with van der Waals surface area (Å²) < 4.78 is 12.6. The molecule has 0 aromatic heterocycles. The van der Waals surface area contributed by atoms with E-state index in [0.717, 1.165) is 0 Å². The number of hydrogen-bond acceptors (Lipinski definition) is 2. The van der Waals surface area contributed by atoms with E-state index in [4.69, 9.17) is 5.53 Å². The molecular formula is C6H11FN2. The Morgan fingerprint density at radius 3 is 2.11 bits per heavy atom. The second-order valence-corrected chi connectivity index (χ2v) is 2.15. The molecule has 0 spiro atoms. The third-order valence-electron chi connectivity index (χ3n) is 1.04. The van der Waals surface area contributed by atoms with Crippen molar-refractivity contribution in [1.82, 2.24) is 0 Å². The molecule has 0 fully saturated rings. The summed E-state index contributed by atoms with van der Waals surface area (Å²) in [6, 6.07) is -0.602. The molecule has 0 saturated heterocycles. The maximum Gasteiger partial charge on any atom is 0.125 e. The third-order valence-corrected chi connectivity index (χ3v) is 1.04. The predicted octanol–water partition coefficient (Wildman–Crippen LogP) is 2.67. The van der Waals surface area contributed by atoms with Crippen molar-refractivity contribution in [2.24, 2.45) is 5.11 Å². The van der Waals surface area contributed by atoms with Gasteiger partial charge in [0.2, 0.25) is 0 Å². The van der Waals surface area contributed by atoms with Gasteiger partial charge >= 0.3 is 0 Å². The van der Waals surface area contributed by atoms with E-state index in [1.807, 2.05) is 0 Å². The lowest BCUT2D eigenvalue weighted by molar-refractivity contribution is 0.534. The van der Waals surface area contributed by atoms with Crippen molar-refractivity contribution in [2.45, 2.75) is 26.8 Å². The lowest BCUT2D eigenvalue weighted by Crippen LogP contribution is -1.97. The van der Waals surface area contributed by atoms with E-state index in [0.29, 0.717) is 5.57 Å². The van der Waals surface area contributed by atoms with Gasteiger partial charge in [0.1, 0.15) is 11.9 Å². The minimum absolute atomic E-state index is 0.301. The fourth-order valence-electron chi connectivity index (χ4n) is 0.474. The molecule has 0 aliphatic rings. The first kappa shape index (κ1) is 8.27. The summed E-state index contributed by atoms with van der Waals surface area (Å²) in [5, 5.41) is 3.03. The molecule has 52 valence electrons. The van der Waals surface area contributed by atoms with Crippen LogP contribution in [0.1, 0.15) is 20.8 Å². The Hall–Kier alpha value is -0.730. The number of allylic oxidation sites excluding steroid dienone is 1. The molecular weight excluding hydrogens is 119 g/mol. The zero-order valence-electron chi connectivity index (χ0n) is 5.90. The predicted molar refractivity (Wildman–Crippen MR) is 34.1 cm³/mol. The minimum atomic E-state index is -0.602. The summed E-state index contributed by atoms with van der Waals surface area (Å²) in [5.74, 6) is -0.301. The molecule has 0 radical (unpaired) electrons. The van der Waals surface area contributed by atoms with Crippen LogP contribution in [0.5, 0.6) is 0 Å². The van der Waals surface area contributed by atoms with Crippen LogP contribution in [0.3, 0.4) is 0 Å². The van der Waals surface area contributed by atoms with Crippen molar-refractivity contribution in [1.29, 1.82) is 5.53 Å². The van der Waals surface area contributed by atoms with E-state index in [1.54, 1.807) is 20.8 Å². The highest BCUT2D eigenvalue weighted by atomic mass is 19.1. The molecule has 0 aliphatic heterocycles. The molecule has 2 nitrogen and oxygen atoms in total. The lowest BCUT2D eigenvalue weighted by Gasteiger charge is -2.00. The largest absolute Gasteiger partial charge is 0.209 e. The number of hydrogen-bond donors (Lipinski definition) is 1. The fourth-order valence-corrected chi connectivity index (χ4v) is 0.474. The van der Waals surface area contributed by atoms with Crippen LogP contribution >= 0.6 is 0 Å². The Kier molecular flexibility index (Phi) is 3.06. The first-order valence-corrected chi connectivity index (χ1v) is 2.79. The number of rotatable bonds is 2. The van der Waals surface area contributed by atoms with E-state index >= 15 is 0 Å². The first-order valence-electron chi connectivity index (χ1n) is 2.79. The summed E-state index contributed by atoms with van der Waals surface area (Å²) in [6.45, 7) is 4.88. The van der Waals surface area contributed by atoms with Gasteiger partial charge in [0, 0.05) is 0 Å². The average Bonchev–Trinajstić information content (AvgIpc) is 1.84. The second kappa shape index (κ2) is 3.33. The van der Waals surface area contributed by atoms with Gasteiger partial charge in [0.25, 0.3) is 0 Å². The third kappa shape index (κ3) is 2.35. The number of nitrogens with zero attached hydrogens (tertiary/aromatic N) is 1. The van der Waals surface area contributed by atoms with Gasteiger partial charge in [-0.25, -0.2) is 9.92 Å². The maximum atomic E-state index is 12.6. The van der Waals surface area contributed by atoms with Crippen LogP contribution in [0.15, 0.2) is 16.5 Å². The van der Waals surface area contributed by atoms with E-state index < -0.39 is 6.04 Å². The van der Waals surface area contributed by atoms with Gasteiger partial charge in [-0.1, -0.05) is 0 Å². The quantitative estimate of drug-likeness (QED) is 0.558. The van der Waals surface area contributed by atoms with Gasteiger partial charge in [-0.3, -0.25) is 0 Å². The van der Waals surface area contributed by atoms with Crippen molar-refractivity contribution in [3.63, 3.8) is 0 Å². The molecule has 1 N–H and O–H groups in total. The molecule has 0 heterocycles. The normalized spacial score (nSPS) is 12.4. The molecule has 0 bridgehead atoms. The fraction of sp³-hybridized carbons (Fsp3) is 0.667. The van der Waals surface area contributed by atoms with Gasteiger partial charge in [-0.05, 0) is 26.3 Å². The molecule has 0 aliphatic carbocycles. The monoisotopic (exact) mass is 130 g/mol. The Morgan fingerprint density at radius 2 is 2.00 bits per heavy atom. The summed E-state index contributed by atoms with van der Waals surface area (Å²) in [6.07, 6.45) is 0. The Morgan fingerprint density at radius 1 is 1.56 bits per heavy atom. The molecule has 0 rings (SSSR count). The lowest BCUT2D eigenvalue weighted by atomic mass is 10.2. The summed E-state index contributed by atoms with van der Waals surface area (Å²) in [4.78, 5) is 0. The molecule has 1 unspecified atom stereocenters. The van der Waals surface area contributed by atoms with Gasteiger partial charge < -0.3 is 0 Å². The van der Waals surface area contributed by atoms with Crippen LogP contribution in [0, 0.1) is 5.53 Å². The number of nitrogens with one attached hydrogen (secondary N) is 1. The van der Waals surface area contributed by atoms with Crippen LogP contribution in [0.4, 0.5) is 4.39 Å². The van der Waals surface area contributed by atoms with Gasteiger partial charge in [0.05, 0.1) is 0 Å². The van der Waals surface area contributed by atoms with Crippen LogP contribution < -0.4 is 0 Å². The van der Waals surface area contributed by atoms with Crippen molar-refractivity contribution in [3.8, 4) is 0 Å². The molecule has 9 heavy (non-hydrogen) atoms. The Bertz CT molecular complexity index is 136. The molecule has 1 atom stereocenters. The van der Waals surface area contributed by atoms with Crippen LogP contribution in [-0.4, -0.2) is 6.04 Å². The first-order chi connectivity index (χ1) is 4.09. The zero-order valence-corrected chi connectivity index (χ0v) is 5.90. The standard InChI is InChI=1S/C6H11FN2/c1-4(2)6(7)5(3)9-8/h5,8H,1-3H3. The maximum absolute atomic E-state index is 12.6. The van der Waals surface area contributed by atoms with E-state index in [-0.39, 0.29) is 5.83 Å². The highest BCUT2D eigenvalue weighted by Gasteiger charge is 2.06. The second-order valence-electron chi connectivity index (χ2n) is 2.15. The van der Waals surface area contributed by atoms with E-state index in [9.17, 15) is 4.39 Å². The van der Waals surface area contributed by atoms with Crippen molar-refractivity contribution >= 4 is 0 Å². The molecule has 0 aromatic carbocycles.